The highest BCUT2D eigenvalue weighted by Gasteiger charge is 1.99. The summed E-state index contributed by atoms with van der Waals surface area (Å²) >= 11 is 3.13. The van der Waals surface area contributed by atoms with Crippen molar-refractivity contribution in [1.29, 1.82) is 0 Å². The van der Waals surface area contributed by atoms with Crippen LogP contribution in [0, 0.1) is 5.82 Å². The number of ether oxygens (including phenoxy) is 1. The lowest BCUT2D eigenvalue weighted by Crippen LogP contribution is -2.14. The molecule has 78 valence electrons. The van der Waals surface area contributed by atoms with Gasteiger partial charge >= 0.3 is 0 Å². The van der Waals surface area contributed by atoms with Crippen molar-refractivity contribution in [3.8, 4) is 0 Å². The van der Waals surface area contributed by atoms with Crippen LogP contribution in [0.3, 0.4) is 0 Å². The predicted octanol–water partition coefficient (Wildman–Crippen LogP) is 2.32. The largest absolute Gasteiger partial charge is 0.375 e. The summed E-state index contributed by atoms with van der Waals surface area (Å²) in [5.74, 6) is -0.246. The first-order chi connectivity index (χ1) is 6.74. The van der Waals surface area contributed by atoms with E-state index in [0.29, 0.717) is 17.7 Å². The quantitative estimate of drug-likeness (QED) is 0.822. The molecule has 1 rings (SSSR count). The van der Waals surface area contributed by atoms with Gasteiger partial charge in [0.1, 0.15) is 5.82 Å². The van der Waals surface area contributed by atoms with E-state index in [1.807, 2.05) is 7.05 Å². The summed E-state index contributed by atoms with van der Waals surface area (Å²) in [5.41, 5.74) is 0.967. The fourth-order valence-electron chi connectivity index (χ4n) is 0.994. The summed E-state index contributed by atoms with van der Waals surface area (Å²) in [5, 5.41) is 2.98. The minimum atomic E-state index is -0.246. The van der Waals surface area contributed by atoms with Crippen LogP contribution in [-0.2, 0) is 11.3 Å². The maximum absolute atomic E-state index is 12.8. The first kappa shape index (κ1) is 11.6. The molecule has 0 saturated carbocycles. The van der Waals surface area contributed by atoms with Gasteiger partial charge in [-0.1, -0.05) is 6.07 Å². The third-order valence-corrected chi connectivity index (χ3v) is 2.36. The van der Waals surface area contributed by atoms with Gasteiger partial charge in [-0.25, -0.2) is 4.39 Å². The first-order valence-corrected chi connectivity index (χ1v) is 5.19. The molecular weight excluding hydrogens is 249 g/mol. The highest BCUT2D eigenvalue weighted by atomic mass is 79.9. The monoisotopic (exact) mass is 261 g/mol. The fraction of sp³-hybridized carbons (Fsp3) is 0.400. The summed E-state index contributed by atoms with van der Waals surface area (Å²) < 4.78 is 18.7. The highest BCUT2D eigenvalue weighted by molar-refractivity contribution is 9.10. The summed E-state index contributed by atoms with van der Waals surface area (Å²) in [6, 6.07) is 4.88. The van der Waals surface area contributed by atoms with Crippen LogP contribution in [0.4, 0.5) is 4.39 Å². The fourth-order valence-corrected chi connectivity index (χ4v) is 1.42. The SMILES string of the molecule is CNCCOCc1ccc(F)c(Br)c1. The Morgan fingerprint density at radius 3 is 2.93 bits per heavy atom. The molecule has 0 aliphatic carbocycles. The molecule has 0 aliphatic rings. The van der Waals surface area contributed by atoms with Crippen LogP contribution in [0.25, 0.3) is 0 Å². The molecule has 0 bridgehead atoms. The zero-order valence-corrected chi connectivity index (χ0v) is 9.60. The van der Waals surface area contributed by atoms with Gasteiger partial charge in [0, 0.05) is 6.54 Å². The van der Waals surface area contributed by atoms with Gasteiger partial charge in [-0.3, -0.25) is 0 Å². The minimum Gasteiger partial charge on any atom is -0.375 e. The Morgan fingerprint density at radius 2 is 2.29 bits per heavy atom. The molecule has 0 heterocycles. The third kappa shape index (κ3) is 3.74. The van der Waals surface area contributed by atoms with Crippen LogP contribution in [0.15, 0.2) is 22.7 Å². The van der Waals surface area contributed by atoms with E-state index in [4.69, 9.17) is 4.74 Å². The Labute approximate surface area is 91.6 Å². The van der Waals surface area contributed by atoms with Crippen molar-refractivity contribution in [3.63, 3.8) is 0 Å². The van der Waals surface area contributed by atoms with Crippen LogP contribution in [0.2, 0.25) is 0 Å². The molecule has 0 aromatic heterocycles. The number of likely N-dealkylation sites (N-methyl/N-ethyl adjacent to an activating group) is 1. The molecular formula is C10H13BrFNO. The average molecular weight is 262 g/mol. The molecule has 0 fully saturated rings. The van der Waals surface area contributed by atoms with E-state index in [0.717, 1.165) is 12.1 Å². The molecule has 0 amide bonds. The number of benzene rings is 1. The second kappa shape index (κ2) is 6.11. The molecule has 0 spiro atoms. The van der Waals surface area contributed by atoms with E-state index in [2.05, 4.69) is 21.2 Å². The van der Waals surface area contributed by atoms with Crippen molar-refractivity contribution >= 4 is 15.9 Å². The van der Waals surface area contributed by atoms with Gasteiger partial charge in [0.25, 0.3) is 0 Å². The van der Waals surface area contributed by atoms with E-state index < -0.39 is 0 Å². The molecule has 1 aromatic carbocycles. The topological polar surface area (TPSA) is 21.3 Å². The van der Waals surface area contributed by atoms with E-state index in [1.54, 1.807) is 12.1 Å². The number of hydrogen-bond acceptors (Lipinski definition) is 2. The smallest absolute Gasteiger partial charge is 0.137 e. The van der Waals surface area contributed by atoms with Crippen molar-refractivity contribution in [2.75, 3.05) is 20.2 Å². The van der Waals surface area contributed by atoms with Gasteiger partial charge in [0.2, 0.25) is 0 Å². The molecule has 0 saturated heterocycles. The Hall–Kier alpha value is -0.450. The Kier molecular flexibility index (Phi) is 5.07. The van der Waals surface area contributed by atoms with Gasteiger partial charge in [-0.05, 0) is 40.7 Å². The second-order valence-corrected chi connectivity index (χ2v) is 3.76. The molecule has 0 radical (unpaired) electrons. The summed E-state index contributed by atoms with van der Waals surface area (Å²) in [4.78, 5) is 0. The first-order valence-electron chi connectivity index (χ1n) is 4.40. The van der Waals surface area contributed by atoms with Crippen molar-refractivity contribution < 1.29 is 9.13 Å². The molecule has 0 atom stereocenters. The normalized spacial score (nSPS) is 10.5. The summed E-state index contributed by atoms with van der Waals surface area (Å²) in [6.07, 6.45) is 0. The Morgan fingerprint density at radius 1 is 1.50 bits per heavy atom. The lowest BCUT2D eigenvalue weighted by atomic mass is 10.2. The number of hydrogen-bond donors (Lipinski definition) is 1. The molecule has 14 heavy (non-hydrogen) atoms. The second-order valence-electron chi connectivity index (χ2n) is 2.90. The van der Waals surface area contributed by atoms with E-state index in [-0.39, 0.29) is 5.82 Å². The van der Waals surface area contributed by atoms with Crippen LogP contribution >= 0.6 is 15.9 Å². The highest BCUT2D eigenvalue weighted by Crippen LogP contribution is 2.17. The Bertz CT molecular complexity index is 293. The molecule has 1 aromatic rings. The van der Waals surface area contributed by atoms with Crippen LogP contribution in [0.5, 0.6) is 0 Å². The van der Waals surface area contributed by atoms with Gasteiger partial charge in [-0.2, -0.15) is 0 Å². The predicted molar refractivity (Wildman–Crippen MR) is 57.7 cm³/mol. The van der Waals surface area contributed by atoms with E-state index >= 15 is 0 Å². The van der Waals surface area contributed by atoms with Gasteiger partial charge in [0.15, 0.2) is 0 Å². The molecule has 0 unspecified atom stereocenters. The molecule has 0 aliphatic heterocycles. The molecule has 4 heteroatoms. The lowest BCUT2D eigenvalue weighted by molar-refractivity contribution is 0.124. The maximum atomic E-state index is 12.8. The summed E-state index contributed by atoms with van der Waals surface area (Å²) in [6.45, 7) is 1.99. The minimum absolute atomic E-state index is 0.246. The van der Waals surface area contributed by atoms with Gasteiger partial charge < -0.3 is 10.1 Å². The summed E-state index contributed by atoms with van der Waals surface area (Å²) in [7, 11) is 1.87. The van der Waals surface area contributed by atoms with Crippen molar-refractivity contribution in [3.05, 3.63) is 34.1 Å². The number of nitrogens with one attached hydrogen (secondary N) is 1. The lowest BCUT2D eigenvalue weighted by Gasteiger charge is -2.04. The van der Waals surface area contributed by atoms with Gasteiger partial charge in [0.05, 0.1) is 17.7 Å². The average Bonchev–Trinajstić information content (AvgIpc) is 2.18. The van der Waals surface area contributed by atoms with Crippen LogP contribution in [-0.4, -0.2) is 20.2 Å². The van der Waals surface area contributed by atoms with E-state index in [1.165, 1.54) is 6.07 Å². The van der Waals surface area contributed by atoms with E-state index in [9.17, 15) is 4.39 Å². The van der Waals surface area contributed by atoms with Crippen molar-refractivity contribution in [2.45, 2.75) is 6.61 Å². The molecule has 2 nitrogen and oxygen atoms in total. The zero-order valence-electron chi connectivity index (χ0n) is 8.02. The van der Waals surface area contributed by atoms with Crippen LogP contribution < -0.4 is 5.32 Å². The van der Waals surface area contributed by atoms with Crippen molar-refractivity contribution in [1.82, 2.24) is 5.32 Å². The van der Waals surface area contributed by atoms with Crippen molar-refractivity contribution in [2.24, 2.45) is 0 Å². The zero-order chi connectivity index (χ0) is 10.4. The number of rotatable bonds is 5. The Balaban J connectivity index is 2.39. The van der Waals surface area contributed by atoms with Crippen LogP contribution in [0.1, 0.15) is 5.56 Å². The number of halogens is 2. The third-order valence-electron chi connectivity index (χ3n) is 1.75. The van der Waals surface area contributed by atoms with Gasteiger partial charge in [-0.15, -0.1) is 0 Å². The maximum Gasteiger partial charge on any atom is 0.137 e. The standard InChI is InChI=1S/C10H13BrFNO/c1-13-4-5-14-7-8-2-3-10(12)9(11)6-8/h2-3,6,13H,4-5,7H2,1H3. The molecule has 1 N–H and O–H groups in total.